The molecule has 0 radical (unpaired) electrons. The SMILES string of the molecule is C=CCN(CC(=O)Nc1cc(S(=O)(=O)N2CCCCC2)ccc1OC)Cc1ccc(Cl)s1. The van der Waals surface area contributed by atoms with E-state index in [0.717, 1.165) is 24.1 Å². The highest BCUT2D eigenvalue weighted by Crippen LogP contribution is 2.30. The van der Waals surface area contributed by atoms with Gasteiger partial charge in [0.2, 0.25) is 15.9 Å². The van der Waals surface area contributed by atoms with Crippen molar-refractivity contribution in [2.45, 2.75) is 30.7 Å². The molecular formula is C22H28ClN3O4S2. The van der Waals surface area contributed by atoms with E-state index >= 15 is 0 Å². The molecule has 32 heavy (non-hydrogen) atoms. The maximum atomic E-state index is 13.0. The number of carbonyl (C=O) groups excluding carboxylic acids is 1. The Labute approximate surface area is 198 Å². The number of benzene rings is 1. The number of thiophene rings is 1. The van der Waals surface area contributed by atoms with E-state index in [-0.39, 0.29) is 17.3 Å². The van der Waals surface area contributed by atoms with Crippen LogP contribution in [0.15, 0.2) is 47.9 Å². The van der Waals surface area contributed by atoms with Crippen LogP contribution in [0.1, 0.15) is 24.1 Å². The molecule has 7 nitrogen and oxygen atoms in total. The summed E-state index contributed by atoms with van der Waals surface area (Å²) in [4.78, 5) is 15.9. The van der Waals surface area contributed by atoms with Crippen molar-refractivity contribution < 1.29 is 17.9 Å². The van der Waals surface area contributed by atoms with Crippen molar-refractivity contribution in [3.8, 4) is 5.75 Å². The Hall–Kier alpha value is -1.91. The molecule has 0 spiro atoms. The first-order valence-electron chi connectivity index (χ1n) is 10.4. The lowest BCUT2D eigenvalue weighted by Crippen LogP contribution is -2.35. The Balaban J connectivity index is 1.75. The lowest BCUT2D eigenvalue weighted by molar-refractivity contribution is -0.117. The summed E-state index contributed by atoms with van der Waals surface area (Å²) < 4.78 is 33.6. The molecule has 1 N–H and O–H groups in total. The zero-order valence-corrected chi connectivity index (χ0v) is 20.4. The fourth-order valence-electron chi connectivity index (χ4n) is 3.62. The van der Waals surface area contributed by atoms with E-state index in [9.17, 15) is 13.2 Å². The number of hydrogen-bond donors (Lipinski definition) is 1. The van der Waals surface area contributed by atoms with Crippen LogP contribution in [-0.2, 0) is 21.4 Å². The highest BCUT2D eigenvalue weighted by Gasteiger charge is 2.27. The van der Waals surface area contributed by atoms with Gasteiger partial charge in [-0.25, -0.2) is 8.42 Å². The molecule has 10 heteroatoms. The van der Waals surface area contributed by atoms with Crippen LogP contribution >= 0.6 is 22.9 Å². The number of amides is 1. The van der Waals surface area contributed by atoms with E-state index in [2.05, 4.69) is 11.9 Å². The van der Waals surface area contributed by atoms with Crippen LogP contribution in [-0.4, -0.2) is 56.8 Å². The molecule has 0 saturated carbocycles. The minimum absolute atomic E-state index is 0.105. The highest BCUT2D eigenvalue weighted by atomic mass is 35.5. The van der Waals surface area contributed by atoms with Crippen molar-refractivity contribution in [3.63, 3.8) is 0 Å². The summed E-state index contributed by atoms with van der Waals surface area (Å²) in [7, 11) is -2.14. The number of rotatable bonds is 10. The number of methoxy groups -OCH3 is 1. The van der Waals surface area contributed by atoms with E-state index in [1.54, 1.807) is 12.1 Å². The minimum atomic E-state index is -3.62. The van der Waals surface area contributed by atoms with E-state index in [1.165, 1.54) is 34.9 Å². The summed E-state index contributed by atoms with van der Waals surface area (Å²) in [5.41, 5.74) is 0.327. The molecule has 1 aromatic carbocycles. The van der Waals surface area contributed by atoms with Crippen LogP contribution < -0.4 is 10.1 Å². The average molecular weight is 498 g/mol. The van der Waals surface area contributed by atoms with Crippen molar-refractivity contribution in [1.82, 2.24) is 9.21 Å². The smallest absolute Gasteiger partial charge is 0.243 e. The van der Waals surface area contributed by atoms with Gasteiger partial charge in [0.05, 0.1) is 28.6 Å². The van der Waals surface area contributed by atoms with Gasteiger partial charge < -0.3 is 10.1 Å². The Morgan fingerprint density at radius 1 is 1.28 bits per heavy atom. The molecule has 1 saturated heterocycles. The fraction of sp³-hybridized carbons (Fsp3) is 0.409. The van der Waals surface area contributed by atoms with Gasteiger partial charge in [-0.2, -0.15) is 4.31 Å². The zero-order valence-electron chi connectivity index (χ0n) is 18.0. The van der Waals surface area contributed by atoms with Gasteiger partial charge in [-0.3, -0.25) is 9.69 Å². The van der Waals surface area contributed by atoms with Crippen LogP contribution in [0.3, 0.4) is 0 Å². The van der Waals surface area contributed by atoms with Gasteiger partial charge in [-0.1, -0.05) is 24.1 Å². The standard InChI is InChI=1S/C22H28ClN3O4S2/c1-3-11-25(15-17-7-10-21(23)31-17)16-22(27)24-19-14-18(8-9-20(19)30-2)32(28,29)26-12-5-4-6-13-26/h3,7-10,14H,1,4-6,11-13,15-16H2,2H3,(H,24,27). The lowest BCUT2D eigenvalue weighted by Gasteiger charge is -2.26. The van der Waals surface area contributed by atoms with E-state index in [1.807, 2.05) is 17.0 Å². The van der Waals surface area contributed by atoms with Crippen molar-refractivity contribution in [2.75, 3.05) is 38.6 Å². The Morgan fingerprint density at radius 2 is 2.03 bits per heavy atom. The molecule has 1 aromatic heterocycles. The Bertz CT molecular complexity index is 1050. The lowest BCUT2D eigenvalue weighted by atomic mass is 10.2. The predicted octanol–water partition coefficient (Wildman–Crippen LogP) is 4.21. The molecule has 0 aliphatic carbocycles. The van der Waals surface area contributed by atoms with Gasteiger partial charge in [0.15, 0.2) is 0 Å². The van der Waals surface area contributed by atoms with E-state index in [4.69, 9.17) is 16.3 Å². The third-order valence-electron chi connectivity index (χ3n) is 5.16. The predicted molar refractivity (Wildman–Crippen MR) is 129 cm³/mol. The number of anilines is 1. The molecule has 2 heterocycles. The van der Waals surface area contributed by atoms with Gasteiger partial charge in [0.1, 0.15) is 5.75 Å². The topological polar surface area (TPSA) is 79.0 Å². The fourth-order valence-corrected chi connectivity index (χ4v) is 6.29. The number of ether oxygens (including phenoxy) is 1. The first-order chi connectivity index (χ1) is 15.3. The second kappa shape index (κ2) is 11.3. The number of hydrogen-bond acceptors (Lipinski definition) is 6. The number of nitrogens with one attached hydrogen (secondary N) is 1. The van der Waals surface area contributed by atoms with E-state index in [0.29, 0.717) is 42.0 Å². The van der Waals surface area contributed by atoms with Gasteiger partial charge >= 0.3 is 0 Å². The molecule has 3 rings (SSSR count). The molecule has 1 aliphatic heterocycles. The van der Waals surface area contributed by atoms with Crippen molar-refractivity contribution in [2.24, 2.45) is 0 Å². The summed E-state index contributed by atoms with van der Waals surface area (Å²) in [6, 6.07) is 8.31. The Kier molecular flexibility index (Phi) is 8.72. The quantitative estimate of drug-likeness (QED) is 0.497. The summed E-state index contributed by atoms with van der Waals surface area (Å²) in [5, 5.41) is 2.81. The molecule has 0 unspecified atom stereocenters. The van der Waals surface area contributed by atoms with Crippen LogP contribution in [0, 0.1) is 0 Å². The number of carbonyl (C=O) groups is 1. The second-order valence-corrected chi connectivity index (χ2v) is 11.3. The van der Waals surface area contributed by atoms with Crippen LogP contribution in [0.5, 0.6) is 5.75 Å². The Morgan fingerprint density at radius 3 is 2.66 bits per heavy atom. The first kappa shape index (κ1) is 24.7. The van der Waals surface area contributed by atoms with Gasteiger partial charge in [0.25, 0.3) is 0 Å². The van der Waals surface area contributed by atoms with Crippen molar-refractivity contribution in [3.05, 3.63) is 52.2 Å². The molecule has 2 aromatic rings. The summed E-state index contributed by atoms with van der Waals surface area (Å²) in [6.45, 7) is 5.96. The van der Waals surface area contributed by atoms with Gasteiger partial charge in [0, 0.05) is 31.1 Å². The summed E-state index contributed by atoms with van der Waals surface area (Å²) in [5.74, 6) is 0.122. The third kappa shape index (κ3) is 6.32. The molecule has 0 bridgehead atoms. The molecule has 0 atom stereocenters. The third-order valence-corrected chi connectivity index (χ3v) is 8.27. The molecular weight excluding hydrogens is 470 g/mol. The van der Waals surface area contributed by atoms with Crippen LogP contribution in [0.4, 0.5) is 5.69 Å². The number of halogens is 1. The second-order valence-electron chi connectivity index (χ2n) is 7.54. The molecule has 174 valence electrons. The van der Waals surface area contributed by atoms with Gasteiger partial charge in [-0.05, 0) is 43.2 Å². The van der Waals surface area contributed by atoms with Crippen molar-refractivity contribution in [1.29, 1.82) is 0 Å². The summed E-state index contributed by atoms with van der Waals surface area (Å²) in [6.07, 6.45) is 4.48. The number of sulfonamides is 1. The highest BCUT2D eigenvalue weighted by molar-refractivity contribution is 7.89. The van der Waals surface area contributed by atoms with Gasteiger partial charge in [-0.15, -0.1) is 17.9 Å². The average Bonchev–Trinajstić information content (AvgIpc) is 3.18. The molecule has 1 amide bonds. The normalized spacial score (nSPS) is 15.0. The molecule has 1 fully saturated rings. The maximum Gasteiger partial charge on any atom is 0.243 e. The zero-order chi connectivity index (χ0) is 23.1. The molecule has 1 aliphatic rings. The minimum Gasteiger partial charge on any atom is -0.495 e. The summed E-state index contributed by atoms with van der Waals surface area (Å²) >= 11 is 7.47. The number of nitrogens with zero attached hydrogens (tertiary/aromatic N) is 2. The van der Waals surface area contributed by atoms with Crippen LogP contribution in [0.25, 0.3) is 0 Å². The van der Waals surface area contributed by atoms with Crippen LogP contribution in [0.2, 0.25) is 4.34 Å². The maximum absolute atomic E-state index is 13.0. The first-order valence-corrected chi connectivity index (χ1v) is 13.0. The number of piperidine rings is 1. The largest absolute Gasteiger partial charge is 0.495 e. The monoisotopic (exact) mass is 497 g/mol. The van der Waals surface area contributed by atoms with Crippen molar-refractivity contribution >= 4 is 44.6 Å². The van der Waals surface area contributed by atoms with E-state index < -0.39 is 10.0 Å².